The largest absolute Gasteiger partial charge is 0.381 e. The van der Waals surface area contributed by atoms with Crippen molar-refractivity contribution in [1.82, 2.24) is 0 Å². The molecule has 2 nitrogen and oxygen atoms in total. The van der Waals surface area contributed by atoms with Crippen LogP contribution in [0.15, 0.2) is 66.7 Å². The molecule has 3 aromatic rings. The molecular formula is C18H14N2. The molecule has 0 fully saturated rings. The van der Waals surface area contributed by atoms with Crippen molar-refractivity contribution in [3.63, 3.8) is 0 Å². The second kappa shape index (κ2) is 5.46. The molecule has 0 unspecified atom stereocenters. The van der Waals surface area contributed by atoms with E-state index in [9.17, 15) is 0 Å². The molecule has 3 aromatic carbocycles. The van der Waals surface area contributed by atoms with Crippen molar-refractivity contribution in [3.8, 4) is 6.07 Å². The second-order valence-corrected chi connectivity index (χ2v) is 4.72. The third kappa shape index (κ3) is 2.62. The topological polar surface area (TPSA) is 35.8 Å². The minimum atomic E-state index is 0.694. The van der Waals surface area contributed by atoms with Gasteiger partial charge in [-0.25, -0.2) is 0 Å². The van der Waals surface area contributed by atoms with Gasteiger partial charge in [-0.1, -0.05) is 42.5 Å². The number of rotatable bonds is 3. The molecule has 0 aromatic heterocycles. The molecule has 0 atom stereocenters. The van der Waals surface area contributed by atoms with Crippen LogP contribution in [0.1, 0.15) is 11.1 Å². The predicted molar refractivity (Wildman–Crippen MR) is 82.4 cm³/mol. The van der Waals surface area contributed by atoms with Crippen LogP contribution in [0.3, 0.4) is 0 Å². The van der Waals surface area contributed by atoms with Gasteiger partial charge in [-0.05, 0) is 40.6 Å². The van der Waals surface area contributed by atoms with Crippen molar-refractivity contribution >= 4 is 16.5 Å². The number of benzene rings is 3. The zero-order chi connectivity index (χ0) is 13.8. The molecule has 0 saturated carbocycles. The van der Waals surface area contributed by atoms with Crippen LogP contribution in [-0.2, 0) is 6.54 Å². The lowest BCUT2D eigenvalue weighted by Gasteiger charge is -2.08. The molecule has 0 bridgehead atoms. The fourth-order valence-corrected chi connectivity index (χ4v) is 2.20. The molecule has 20 heavy (non-hydrogen) atoms. The Morgan fingerprint density at radius 2 is 1.60 bits per heavy atom. The predicted octanol–water partition coefficient (Wildman–Crippen LogP) is 4.32. The molecule has 0 aliphatic rings. The smallest absolute Gasteiger partial charge is 0.0991 e. The Bertz CT molecular complexity index is 767. The molecule has 0 aliphatic carbocycles. The van der Waals surface area contributed by atoms with E-state index >= 15 is 0 Å². The molecule has 96 valence electrons. The molecule has 0 saturated heterocycles. The Balaban J connectivity index is 1.74. The summed E-state index contributed by atoms with van der Waals surface area (Å²) in [6.45, 7) is 0.754. The Morgan fingerprint density at radius 3 is 2.35 bits per heavy atom. The first-order valence-corrected chi connectivity index (χ1v) is 6.57. The van der Waals surface area contributed by atoms with Gasteiger partial charge in [0.15, 0.2) is 0 Å². The highest BCUT2D eigenvalue weighted by molar-refractivity contribution is 5.85. The Labute approximate surface area is 118 Å². The van der Waals surface area contributed by atoms with Crippen LogP contribution >= 0.6 is 0 Å². The molecule has 3 rings (SSSR count). The zero-order valence-electron chi connectivity index (χ0n) is 11.0. The Kier molecular flexibility index (Phi) is 3.34. The minimum Gasteiger partial charge on any atom is -0.381 e. The van der Waals surface area contributed by atoms with E-state index in [4.69, 9.17) is 5.26 Å². The van der Waals surface area contributed by atoms with Gasteiger partial charge in [0.05, 0.1) is 11.6 Å². The minimum absolute atomic E-state index is 0.694. The number of nitriles is 1. The average Bonchev–Trinajstić information content (AvgIpc) is 2.53. The lowest BCUT2D eigenvalue weighted by atomic mass is 10.1. The number of hydrogen-bond acceptors (Lipinski definition) is 2. The summed E-state index contributed by atoms with van der Waals surface area (Å²) in [5.41, 5.74) is 2.96. The average molecular weight is 258 g/mol. The summed E-state index contributed by atoms with van der Waals surface area (Å²) in [6.07, 6.45) is 0. The molecule has 0 heterocycles. The first kappa shape index (κ1) is 12.3. The SMILES string of the molecule is N#Cc1ccc(CNc2ccc3ccccc3c2)cc1. The summed E-state index contributed by atoms with van der Waals surface area (Å²) >= 11 is 0. The monoisotopic (exact) mass is 258 g/mol. The molecular weight excluding hydrogens is 244 g/mol. The van der Waals surface area contributed by atoms with E-state index in [1.807, 2.05) is 36.4 Å². The quantitative estimate of drug-likeness (QED) is 0.759. The number of fused-ring (bicyclic) bond motifs is 1. The molecule has 1 N–H and O–H groups in total. The highest BCUT2D eigenvalue weighted by Gasteiger charge is 1.97. The van der Waals surface area contributed by atoms with Crippen molar-refractivity contribution in [2.75, 3.05) is 5.32 Å². The van der Waals surface area contributed by atoms with Crippen molar-refractivity contribution in [1.29, 1.82) is 5.26 Å². The summed E-state index contributed by atoms with van der Waals surface area (Å²) in [5, 5.41) is 14.7. The molecule has 0 radical (unpaired) electrons. The van der Waals surface area contributed by atoms with Gasteiger partial charge in [-0.15, -0.1) is 0 Å². The van der Waals surface area contributed by atoms with Crippen LogP contribution in [0.25, 0.3) is 10.8 Å². The van der Waals surface area contributed by atoms with Gasteiger partial charge < -0.3 is 5.32 Å². The van der Waals surface area contributed by atoms with Crippen LogP contribution in [0, 0.1) is 11.3 Å². The third-order valence-corrected chi connectivity index (χ3v) is 3.33. The molecule has 2 heteroatoms. The fourth-order valence-electron chi connectivity index (χ4n) is 2.20. The van der Waals surface area contributed by atoms with E-state index in [1.165, 1.54) is 10.8 Å². The zero-order valence-corrected chi connectivity index (χ0v) is 11.0. The van der Waals surface area contributed by atoms with Gasteiger partial charge in [0.1, 0.15) is 0 Å². The number of nitrogens with one attached hydrogen (secondary N) is 1. The van der Waals surface area contributed by atoms with E-state index < -0.39 is 0 Å². The molecule has 0 aliphatic heterocycles. The van der Waals surface area contributed by atoms with Crippen LogP contribution in [0.5, 0.6) is 0 Å². The van der Waals surface area contributed by atoms with Crippen molar-refractivity contribution in [2.45, 2.75) is 6.54 Å². The number of anilines is 1. The van der Waals surface area contributed by atoms with Crippen molar-refractivity contribution in [3.05, 3.63) is 77.9 Å². The van der Waals surface area contributed by atoms with Crippen molar-refractivity contribution in [2.24, 2.45) is 0 Å². The van der Waals surface area contributed by atoms with E-state index in [0.717, 1.165) is 17.8 Å². The lowest BCUT2D eigenvalue weighted by Crippen LogP contribution is -1.99. The lowest BCUT2D eigenvalue weighted by molar-refractivity contribution is 1.15. The highest BCUT2D eigenvalue weighted by atomic mass is 14.9. The second-order valence-electron chi connectivity index (χ2n) is 4.72. The van der Waals surface area contributed by atoms with Crippen LogP contribution < -0.4 is 5.32 Å². The van der Waals surface area contributed by atoms with Gasteiger partial charge >= 0.3 is 0 Å². The maximum atomic E-state index is 8.77. The van der Waals surface area contributed by atoms with Crippen LogP contribution in [-0.4, -0.2) is 0 Å². The first-order chi connectivity index (χ1) is 9.85. The van der Waals surface area contributed by atoms with E-state index in [-0.39, 0.29) is 0 Å². The Hall–Kier alpha value is -2.79. The normalized spacial score (nSPS) is 10.2. The molecule has 0 amide bonds. The van der Waals surface area contributed by atoms with Gasteiger partial charge in [0, 0.05) is 12.2 Å². The summed E-state index contributed by atoms with van der Waals surface area (Å²) < 4.78 is 0. The van der Waals surface area contributed by atoms with Crippen molar-refractivity contribution < 1.29 is 0 Å². The van der Waals surface area contributed by atoms with E-state index in [0.29, 0.717) is 5.56 Å². The van der Waals surface area contributed by atoms with E-state index in [1.54, 1.807) is 0 Å². The summed E-state index contributed by atoms with van der Waals surface area (Å²) in [4.78, 5) is 0. The number of hydrogen-bond donors (Lipinski definition) is 1. The summed E-state index contributed by atoms with van der Waals surface area (Å²) in [5.74, 6) is 0. The Morgan fingerprint density at radius 1 is 0.850 bits per heavy atom. The van der Waals surface area contributed by atoms with Gasteiger partial charge in [0.25, 0.3) is 0 Å². The van der Waals surface area contributed by atoms with Gasteiger partial charge in [-0.3, -0.25) is 0 Å². The van der Waals surface area contributed by atoms with Crippen LogP contribution in [0.2, 0.25) is 0 Å². The van der Waals surface area contributed by atoms with Gasteiger partial charge in [0.2, 0.25) is 0 Å². The van der Waals surface area contributed by atoms with Gasteiger partial charge in [-0.2, -0.15) is 5.26 Å². The third-order valence-electron chi connectivity index (χ3n) is 3.33. The molecule has 0 spiro atoms. The fraction of sp³-hybridized carbons (Fsp3) is 0.0556. The standard InChI is InChI=1S/C18H14N2/c19-12-14-5-7-15(8-6-14)13-20-18-10-9-16-3-1-2-4-17(16)11-18/h1-11,20H,13H2. The van der Waals surface area contributed by atoms with Crippen LogP contribution in [0.4, 0.5) is 5.69 Å². The highest BCUT2D eigenvalue weighted by Crippen LogP contribution is 2.19. The summed E-state index contributed by atoms with van der Waals surface area (Å²) in [6, 6.07) is 24.5. The number of nitrogens with zero attached hydrogens (tertiary/aromatic N) is 1. The first-order valence-electron chi connectivity index (χ1n) is 6.57. The van der Waals surface area contributed by atoms with E-state index in [2.05, 4.69) is 41.7 Å². The summed E-state index contributed by atoms with van der Waals surface area (Å²) in [7, 11) is 0. The maximum Gasteiger partial charge on any atom is 0.0991 e. The maximum absolute atomic E-state index is 8.77.